The molecule has 3 atom stereocenters. The molecule has 170 valence electrons. The van der Waals surface area contributed by atoms with Crippen LogP contribution in [0.3, 0.4) is 0 Å². The van der Waals surface area contributed by atoms with Crippen LogP contribution in [-0.2, 0) is 0 Å². The Labute approximate surface area is 187 Å². The van der Waals surface area contributed by atoms with Crippen LogP contribution in [0.4, 0.5) is 22.0 Å². The van der Waals surface area contributed by atoms with E-state index in [9.17, 15) is 14.9 Å². The molecule has 1 aromatic carbocycles. The van der Waals surface area contributed by atoms with Crippen LogP contribution in [0.15, 0.2) is 48.7 Å². The number of para-hydroxylation sites is 1. The molecule has 1 unspecified atom stereocenters. The molecule has 2 aromatic rings. The second-order valence-corrected chi connectivity index (χ2v) is 8.55. The first-order valence-electron chi connectivity index (χ1n) is 11.3. The number of hydrogen-bond donors (Lipinski definition) is 3. The third-order valence-corrected chi connectivity index (χ3v) is 6.25. The SMILES string of the molecule is O=C(Nc1ccccc1)N[C@@H]1CCCC[C@H]1NC1CCCN(c2ccc([N+](=O)[O-])cn2)C1. The van der Waals surface area contributed by atoms with Crippen LogP contribution in [-0.4, -0.2) is 47.2 Å². The van der Waals surface area contributed by atoms with Crippen molar-refractivity contribution in [2.45, 2.75) is 56.7 Å². The number of anilines is 2. The zero-order valence-electron chi connectivity index (χ0n) is 18.1. The molecule has 0 spiro atoms. The van der Waals surface area contributed by atoms with E-state index in [0.29, 0.717) is 0 Å². The summed E-state index contributed by atoms with van der Waals surface area (Å²) in [4.78, 5) is 29.4. The lowest BCUT2D eigenvalue weighted by atomic mass is 9.89. The fourth-order valence-electron chi connectivity index (χ4n) is 4.66. The normalized spacial score (nSPS) is 23.4. The molecule has 1 aliphatic carbocycles. The van der Waals surface area contributed by atoms with Gasteiger partial charge in [-0.25, -0.2) is 9.78 Å². The largest absolute Gasteiger partial charge is 0.355 e. The summed E-state index contributed by atoms with van der Waals surface area (Å²) in [6.07, 6.45) is 7.65. The molecular formula is C23H30N6O3. The van der Waals surface area contributed by atoms with Gasteiger partial charge in [0.25, 0.3) is 5.69 Å². The van der Waals surface area contributed by atoms with Gasteiger partial charge in [-0.15, -0.1) is 0 Å². The van der Waals surface area contributed by atoms with Crippen molar-refractivity contribution in [1.29, 1.82) is 0 Å². The summed E-state index contributed by atoms with van der Waals surface area (Å²) in [6, 6.07) is 13.1. The van der Waals surface area contributed by atoms with E-state index >= 15 is 0 Å². The lowest BCUT2D eigenvalue weighted by Gasteiger charge is -2.39. The highest BCUT2D eigenvalue weighted by molar-refractivity contribution is 5.89. The summed E-state index contributed by atoms with van der Waals surface area (Å²) in [7, 11) is 0. The molecule has 2 aliphatic rings. The first-order valence-corrected chi connectivity index (χ1v) is 11.3. The van der Waals surface area contributed by atoms with E-state index in [1.165, 1.54) is 12.3 Å². The van der Waals surface area contributed by atoms with Gasteiger partial charge in [-0.2, -0.15) is 0 Å². The second-order valence-electron chi connectivity index (χ2n) is 8.55. The number of hydrogen-bond acceptors (Lipinski definition) is 6. The lowest BCUT2D eigenvalue weighted by Crippen LogP contribution is -2.57. The molecule has 32 heavy (non-hydrogen) atoms. The quantitative estimate of drug-likeness (QED) is 0.468. The molecule has 1 aromatic heterocycles. The van der Waals surface area contributed by atoms with Crippen LogP contribution in [0.25, 0.3) is 0 Å². The maximum atomic E-state index is 12.5. The van der Waals surface area contributed by atoms with Crippen molar-refractivity contribution in [3.63, 3.8) is 0 Å². The highest BCUT2D eigenvalue weighted by Crippen LogP contribution is 2.23. The van der Waals surface area contributed by atoms with Crippen molar-refractivity contribution >= 4 is 23.2 Å². The third-order valence-electron chi connectivity index (χ3n) is 6.25. The van der Waals surface area contributed by atoms with Gasteiger partial charge in [0, 0.05) is 43.0 Å². The van der Waals surface area contributed by atoms with E-state index in [1.807, 2.05) is 30.3 Å². The van der Waals surface area contributed by atoms with Crippen LogP contribution >= 0.6 is 0 Å². The number of pyridine rings is 1. The summed E-state index contributed by atoms with van der Waals surface area (Å²) in [5.41, 5.74) is 0.786. The van der Waals surface area contributed by atoms with Gasteiger partial charge in [-0.1, -0.05) is 31.0 Å². The van der Waals surface area contributed by atoms with E-state index < -0.39 is 4.92 Å². The fourth-order valence-corrected chi connectivity index (χ4v) is 4.66. The molecule has 2 amide bonds. The average Bonchev–Trinajstić information content (AvgIpc) is 2.81. The Morgan fingerprint density at radius 1 is 1.03 bits per heavy atom. The summed E-state index contributed by atoms with van der Waals surface area (Å²) in [5, 5.41) is 20.7. The van der Waals surface area contributed by atoms with Crippen LogP contribution in [0.1, 0.15) is 38.5 Å². The highest BCUT2D eigenvalue weighted by Gasteiger charge is 2.30. The van der Waals surface area contributed by atoms with Crippen molar-refractivity contribution in [3.8, 4) is 0 Å². The Hall–Kier alpha value is -3.20. The molecule has 2 fully saturated rings. The monoisotopic (exact) mass is 438 g/mol. The van der Waals surface area contributed by atoms with Gasteiger partial charge in [0.15, 0.2) is 0 Å². The maximum absolute atomic E-state index is 12.5. The Bertz CT molecular complexity index is 908. The minimum Gasteiger partial charge on any atom is -0.355 e. The molecule has 4 rings (SSSR count). The molecule has 9 nitrogen and oxygen atoms in total. The molecule has 0 bridgehead atoms. The first kappa shape index (κ1) is 22.0. The van der Waals surface area contributed by atoms with E-state index in [4.69, 9.17) is 0 Å². The predicted molar refractivity (Wildman–Crippen MR) is 124 cm³/mol. The van der Waals surface area contributed by atoms with Crippen LogP contribution in [0.2, 0.25) is 0 Å². The number of aromatic nitrogens is 1. The number of piperidine rings is 1. The molecular weight excluding hydrogens is 408 g/mol. The van der Waals surface area contributed by atoms with Gasteiger partial charge in [-0.3, -0.25) is 10.1 Å². The van der Waals surface area contributed by atoms with E-state index in [-0.39, 0.29) is 29.8 Å². The van der Waals surface area contributed by atoms with Gasteiger partial charge in [-0.05, 0) is 43.9 Å². The lowest BCUT2D eigenvalue weighted by molar-refractivity contribution is -0.385. The zero-order valence-corrected chi connectivity index (χ0v) is 18.1. The number of amides is 2. The summed E-state index contributed by atoms with van der Waals surface area (Å²) < 4.78 is 0. The minimum absolute atomic E-state index is 0.00494. The Morgan fingerprint density at radius 2 is 1.81 bits per heavy atom. The van der Waals surface area contributed by atoms with Gasteiger partial charge in [0.05, 0.1) is 4.92 Å². The standard InChI is InChI=1S/C23H30N6O3/c30-23(26-17-7-2-1-3-8-17)27-21-11-5-4-10-20(21)25-18-9-6-14-28(16-18)22-13-12-19(15-24-22)29(31)32/h1-3,7-8,12-13,15,18,20-21,25H,4-6,9-11,14,16H2,(H2,26,27,30)/t18?,20-,21-/m1/s1. The van der Waals surface area contributed by atoms with Crippen molar-refractivity contribution in [3.05, 3.63) is 58.8 Å². The first-order chi connectivity index (χ1) is 15.6. The van der Waals surface area contributed by atoms with Crippen molar-refractivity contribution < 1.29 is 9.72 Å². The molecule has 9 heteroatoms. The minimum atomic E-state index is -0.429. The Morgan fingerprint density at radius 3 is 2.53 bits per heavy atom. The number of nitrogens with one attached hydrogen (secondary N) is 3. The molecule has 3 N–H and O–H groups in total. The van der Waals surface area contributed by atoms with Crippen LogP contribution in [0, 0.1) is 10.1 Å². The van der Waals surface area contributed by atoms with Crippen molar-refractivity contribution in [1.82, 2.24) is 15.6 Å². The van der Waals surface area contributed by atoms with Gasteiger partial charge >= 0.3 is 6.03 Å². The second kappa shape index (κ2) is 10.4. The average molecular weight is 439 g/mol. The van der Waals surface area contributed by atoms with Gasteiger partial charge in [0.1, 0.15) is 12.0 Å². The van der Waals surface area contributed by atoms with Crippen molar-refractivity contribution in [2.24, 2.45) is 0 Å². The number of urea groups is 1. The number of rotatable bonds is 6. The summed E-state index contributed by atoms with van der Waals surface area (Å²) in [5.74, 6) is 0.766. The highest BCUT2D eigenvalue weighted by atomic mass is 16.6. The van der Waals surface area contributed by atoms with Crippen LogP contribution < -0.4 is 20.9 Å². The van der Waals surface area contributed by atoms with E-state index in [0.717, 1.165) is 63.1 Å². The van der Waals surface area contributed by atoms with Crippen LogP contribution in [0.5, 0.6) is 0 Å². The molecule has 2 heterocycles. The number of carbonyl (C=O) groups excluding carboxylic acids is 1. The summed E-state index contributed by atoms with van der Waals surface area (Å²) >= 11 is 0. The fraction of sp³-hybridized carbons (Fsp3) is 0.478. The summed E-state index contributed by atoms with van der Waals surface area (Å²) in [6.45, 7) is 1.68. The predicted octanol–water partition coefficient (Wildman–Crippen LogP) is 3.68. The van der Waals surface area contributed by atoms with E-state index in [1.54, 1.807) is 6.07 Å². The third kappa shape index (κ3) is 5.73. The zero-order chi connectivity index (χ0) is 22.3. The van der Waals surface area contributed by atoms with Crippen molar-refractivity contribution in [2.75, 3.05) is 23.3 Å². The molecule has 1 saturated heterocycles. The molecule has 0 radical (unpaired) electrons. The molecule has 1 aliphatic heterocycles. The van der Waals surface area contributed by atoms with Gasteiger partial charge in [0.2, 0.25) is 0 Å². The molecule has 1 saturated carbocycles. The Kier molecular flexibility index (Phi) is 7.16. The topological polar surface area (TPSA) is 112 Å². The van der Waals surface area contributed by atoms with E-state index in [2.05, 4.69) is 25.8 Å². The Balaban J connectivity index is 1.33. The maximum Gasteiger partial charge on any atom is 0.319 e. The smallest absolute Gasteiger partial charge is 0.319 e. The number of carbonyl (C=O) groups is 1. The van der Waals surface area contributed by atoms with Gasteiger partial charge < -0.3 is 20.9 Å². The number of nitrogens with zero attached hydrogens (tertiary/aromatic N) is 3. The number of benzene rings is 1. The number of nitro groups is 1.